The molecule has 0 unspecified atom stereocenters. The molecule has 2 aromatic heterocycles. The molecule has 2 atom stereocenters. The summed E-state index contributed by atoms with van der Waals surface area (Å²) in [5.41, 5.74) is 1.65. The second kappa shape index (κ2) is 10.2. The van der Waals surface area contributed by atoms with Crippen molar-refractivity contribution >= 4 is 23.2 Å². The first-order chi connectivity index (χ1) is 17.0. The molecule has 7 nitrogen and oxygen atoms in total. The molecule has 0 bridgehead atoms. The molecule has 3 heterocycles. The van der Waals surface area contributed by atoms with Gasteiger partial charge in [0.2, 0.25) is 0 Å². The number of rotatable bonds is 9. The smallest absolute Gasteiger partial charge is 0.254 e. The summed E-state index contributed by atoms with van der Waals surface area (Å²) in [5, 5.41) is 2.74. The lowest BCUT2D eigenvalue weighted by Gasteiger charge is -2.12. The number of Topliss-reactive ketones (excluding diaryl/α,β-unsaturated/α-hetero) is 1. The third-order valence-corrected chi connectivity index (χ3v) is 7.15. The standard InChI is InChI=1S/C26H26FN3O4S/c1-15(34-19-7-9-22(28-14-19)25(31)16-4-5-16)24-12-23(30-35-24)17-6-8-20(21(27)11-17)26(32)29-13-18-3-2-10-33-18/h6-9,11-12,14-16,18H,2-5,10,13H2,1H3,(H,29,32)/t15-,18-/m1/s1. The molecule has 1 aromatic carbocycles. The highest BCUT2D eigenvalue weighted by molar-refractivity contribution is 7.06. The Kier molecular flexibility index (Phi) is 6.88. The van der Waals surface area contributed by atoms with E-state index in [0.717, 1.165) is 30.6 Å². The second-order valence-electron chi connectivity index (χ2n) is 8.93. The maximum atomic E-state index is 14.7. The second-order valence-corrected chi connectivity index (χ2v) is 9.77. The SMILES string of the molecule is C[C@@H](Oc1ccc(C(=O)C2CC2)nc1)c1cc(-c2ccc(C(=O)NC[C@H]3CCCO3)c(F)c2)ns1. The third kappa shape index (κ3) is 5.57. The lowest BCUT2D eigenvalue weighted by atomic mass is 10.1. The first-order valence-electron chi connectivity index (χ1n) is 11.8. The zero-order valence-electron chi connectivity index (χ0n) is 19.3. The number of pyridine rings is 1. The van der Waals surface area contributed by atoms with Crippen LogP contribution in [0.1, 0.15) is 64.4 Å². The number of nitrogens with one attached hydrogen (secondary N) is 1. The van der Waals surface area contributed by atoms with Gasteiger partial charge in [-0.25, -0.2) is 9.37 Å². The molecule has 182 valence electrons. The highest BCUT2D eigenvalue weighted by atomic mass is 32.1. The highest BCUT2D eigenvalue weighted by Gasteiger charge is 2.31. The van der Waals surface area contributed by atoms with Gasteiger partial charge in [-0.3, -0.25) is 9.59 Å². The fraction of sp³-hybridized carbons (Fsp3) is 0.385. The zero-order valence-corrected chi connectivity index (χ0v) is 20.1. The number of carbonyl (C=O) groups excluding carboxylic acids is 2. The minimum absolute atomic E-state index is 0.00197. The monoisotopic (exact) mass is 495 g/mol. The van der Waals surface area contributed by atoms with Crippen molar-refractivity contribution in [3.05, 3.63) is 64.5 Å². The van der Waals surface area contributed by atoms with Crippen molar-refractivity contribution in [1.82, 2.24) is 14.7 Å². The third-order valence-electron chi connectivity index (χ3n) is 6.20. The van der Waals surface area contributed by atoms with Gasteiger partial charge in [0.25, 0.3) is 5.91 Å². The minimum Gasteiger partial charge on any atom is -0.484 e. The number of nitrogens with zero attached hydrogens (tertiary/aromatic N) is 2. The van der Waals surface area contributed by atoms with Gasteiger partial charge in [0.15, 0.2) is 5.78 Å². The molecule has 0 spiro atoms. The van der Waals surface area contributed by atoms with Crippen LogP contribution in [0, 0.1) is 11.7 Å². The maximum absolute atomic E-state index is 14.7. The summed E-state index contributed by atoms with van der Waals surface area (Å²) in [7, 11) is 0. The van der Waals surface area contributed by atoms with Crippen LogP contribution in [-0.4, -0.2) is 40.3 Å². The summed E-state index contributed by atoms with van der Waals surface area (Å²) < 4.78 is 30.6. The molecule has 1 aliphatic heterocycles. The lowest BCUT2D eigenvalue weighted by molar-refractivity contribution is 0.0854. The molecule has 2 fully saturated rings. The molecule has 5 rings (SSSR count). The summed E-state index contributed by atoms with van der Waals surface area (Å²) in [6.45, 7) is 2.97. The van der Waals surface area contributed by atoms with E-state index in [-0.39, 0.29) is 29.5 Å². The van der Waals surface area contributed by atoms with Gasteiger partial charge < -0.3 is 14.8 Å². The first-order valence-corrected chi connectivity index (χ1v) is 12.6. The number of hydrogen-bond acceptors (Lipinski definition) is 7. The summed E-state index contributed by atoms with van der Waals surface area (Å²) in [6, 6.07) is 9.78. The van der Waals surface area contributed by atoms with Crippen molar-refractivity contribution < 1.29 is 23.5 Å². The largest absolute Gasteiger partial charge is 0.484 e. The maximum Gasteiger partial charge on any atom is 0.254 e. The van der Waals surface area contributed by atoms with Gasteiger partial charge in [0.05, 0.1) is 28.4 Å². The van der Waals surface area contributed by atoms with Crippen molar-refractivity contribution in [3.63, 3.8) is 0 Å². The predicted molar refractivity (Wildman–Crippen MR) is 129 cm³/mol. The van der Waals surface area contributed by atoms with Crippen LogP contribution in [0.4, 0.5) is 4.39 Å². The van der Waals surface area contributed by atoms with Crippen LogP contribution in [0.3, 0.4) is 0 Å². The van der Waals surface area contributed by atoms with Crippen LogP contribution in [0.15, 0.2) is 42.6 Å². The number of ketones is 1. The molecule has 9 heteroatoms. The normalized spacial score (nSPS) is 18.3. The van der Waals surface area contributed by atoms with Gasteiger partial charge in [0.1, 0.15) is 23.4 Å². The molecule has 1 saturated heterocycles. The topological polar surface area (TPSA) is 90.4 Å². The zero-order chi connectivity index (χ0) is 24.4. The molecule has 1 saturated carbocycles. The molecule has 3 aromatic rings. The first kappa shape index (κ1) is 23.6. The highest BCUT2D eigenvalue weighted by Crippen LogP contribution is 2.33. The summed E-state index contributed by atoms with van der Waals surface area (Å²) >= 11 is 1.27. The van der Waals surface area contributed by atoms with Crippen molar-refractivity contribution in [2.45, 2.75) is 44.8 Å². The van der Waals surface area contributed by atoms with Gasteiger partial charge in [0, 0.05) is 24.6 Å². The fourth-order valence-electron chi connectivity index (χ4n) is 4.00. The van der Waals surface area contributed by atoms with Gasteiger partial charge >= 0.3 is 0 Å². The van der Waals surface area contributed by atoms with Crippen LogP contribution in [0.2, 0.25) is 0 Å². The molecule has 35 heavy (non-hydrogen) atoms. The van der Waals surface area contributed by atoms with Gasteiger partial charge in [-0.2, -0.15) is 4.37 Å². The van der Waals surface area contributed by atoms with Crippen LogP contribution >= 0.6 is 11.5 Å². The predicted octanol–water partition coefficient (Wildman–Crippen LogP) is 4.99. The minimum atomic E-state index is -0.599. The van der Waals surface area contributed by atoms with E-state index in [9.17, 15) is 14.0 Å². The average Bonchev–Trinajstić information content (AvgIpc) is 3.36. The number of benzene rings is 1. The Morgan fingerprint density at radius 1 is 1.23 bits per heavy atom. The van der Waals surface area contributed by atoms with E-state index in [0.29, 0.717) is 35.9 Å². The number of carbonyl (C=O) groups is 2. The Morgan fingerprint density at radius 2 is 2.09 bits per heavy atom. The quantitative estimate of drug-likeness (QED) is 0.421. The van der Waals surface area contributed by atoms with E-state index in [2.05, 4.69) is 14.7 Å². The Bertz CT molecular complexity index is 1220. The van der Waals surface area contributed by atoms with Crippen LogP contribution < -0.4 is 10.1 Å². The van der Waals surface area contributed by atoms with Gasteiger partial charge in [-0.15, -0.1) is 0 Å². The Morgan fingerprint density at radius 3 is 2.77 bits per heavy atom. The van der Waals surface area contributed by atoms with E-state index >= 15 is 0 Å². The van der Waals surface area contributed by atoms with E-state index in [1.807, 2.05) is 13.0 Å². The van der Waals surface area contributed by atoms with Gasteiger partial charge in [-0.1, -0.05) is 6.07 Å². The lowest BCUT2D eigenvalue weighted by Crippen LogP contribution is -2.32. The van der Waals surface area contributed by atoms with Crippen molar-refractivity contribution in [2.75, 3.05) is 13.2 Å². The average molecular weight is 496 g/mol. The molecule has 0 radical (unpaired) electrons. The Balaban J connectivity index is 1.20. The van der Waals surface area contributed by atoms with E-state index in [1.54, 1.807) is 24.4 Å². The summed E-state index contributed by atoms with van der Waals surface area (Å²) in [5.74, 6) is -0.273. The molecule has 1 aliphatic carbocycles. The number of ether oxygens (including phenoxy) is 2. The number of hydrogen-bond donors (Lipinski definition) is 1. The van der Waals surface area contributed by atoms with Crippen LogP contribution in [-0.2, 0) is 4.74 Å². The number of amides is 1. The van der Waals surface area contributed by atoms with Crippen LogP contribution in [0.5, 0.6) is 5.75 Å². The van der Waals surface area contributed by atoms with Gasteiger partial charge in [-0.05, 0) is 74.5 Å². The molecule has 1 N–H and O–H groups in total. The molecular formula is C26H26FN3O4S. The summed E-state index contributed by atoms with van der Waals surface area (Å²) in [6.07, 6.45) is 5.02. The van der Waals surface area contributed by atoms with E-state index in [1.165, 1.54) is 23.7 Å². The Hall–Kier alpha value is -3.17. The number of aromatic nitrogens is 2. The molecular weight excluding hydrogens is 469 g/mol. The molecule has 2 aliphatic rings. The number of halogens is 1. The molecule has 1 amide bonds. The van der Waals surface area contributed by atoms with Crippen molar-refractivity contribution in [2.24, 2.45) is 5.92 Å². The Labute approximate surface area is 206 Å². The fourth-order valence-corrected chi connectivity index (χ4v) is 4.72. The van der Waals surface area contributed by atoms with E-state index in [4.69, 9.17) is 9.47 Å². The van der Waals surface area contributed by atoms with Crippen molar-refractivity contribution in [3.8, 4) is 17.0 Å². The summed E-state index contributed by atoms with van der Waals surface area (Å²) in [4.78, 5) is 29.6. The van der Waals surface area contributed by atoms with Crippen LogP contribution in [0.25, 0.3) is 11.3 Å². The van der Waals surface area contributed by atoms with Crippen molar-refractivity contribution in [1.29, 1.82) is 0 Å². The van der Waals surface area contributed by atoms with E-state index < -0.39 is 11.7 Å².